The van der Waals surface area contributed by atoms with Crippen LogP contribution in [-0.4, -0.2) is 53.1 Å². The summed E-state index contributed by atoms with van der Waals surface area (Å²) in [7, 11) is 0. The van der Waals surface area contributed by atoms with Gasteiger partial charge in [0.2, 0.25) is 0 Å². The van der Waals surface area contributed by atoms with Gasteiger partial charge in [-0.2, -0.15) is 11.8 Å². The number of ether oxygens (including phenoxy) is 1. The minimum atomic E-state index is -0.246. The van der Waals surface area contributed by atoms with Gasteiger partial charge in [0.15, 0.2) is 0 Å². The minimum absolute atomic E-state index is 0.0803. The van der Waals surface area contributed by atoms with Crippen LogP contribution in [0.15, 0.2) is 0 Å². The maximum Gasteiger partial charge on any atom is 0.251 e. The molecule has 0 bridgehead atoms. The lowest BCUT2D eigenvalue weighted by atomic mass is 10.1. The van der Waals surface area contributed by atoms with E-state index in [0.29, 0.717) is 6.54 Å². The van der Waals surface area contributed by atoms with Gasteiger partial charge in [-0.05, 0) is 19.3 Å². The topological polar surface area (TPSA) is 55.6 Å². The van der Waals surface area contributed by atoms with Crippen LogP contribution >= 0.6 is 11.8 Å². The Balaban J connectivity index is 1.89. The number of nitrogens with zero attached hydrogens (tertiary/aromatic N) is 1. The van der Waals surface area contributed by atoms with Crippen LogP contribution in [0, 0.1) is 0 Å². The zero-order valence-corrected chi connectivity index (χ0v) is 12.2. The normalized spacial score (nSPS) is 32.3. The van der Waals surface area contributed by atoms with E-state index in [2.05, 4.69) is 13.8 Å². The molecule has 2 rings (SSSR count). The van der Waals surface area contributed by atoms with Crippen molar-refractivity contribution in [1.82, 2.24) is 4.90 Å². The molecule has 0 aromatic carbocycles. The van der Waals surface area contributed by atoms with Gasteiger partial charge in [-0.3, -0.25) is 4.79 Å². The summed E-state index contributed by atoms with van der Waals surface area (Å²) in [5.74, 6) is 1.19. The zero-order chi connectivity index (χ0) is 13.2. The SMILES string of the molecule is CC1(C)CCN(C(=O)C2CCC(CN)O2)CCS1. The highest BCUT2D eigenvalue weighted by atomic mass is 32.2. The van der Waals surface area contributed by atoms with E-state index in [1.54, 1.807) is 0 Å². The third kappa shape index (κ3) is 3.39. The maximum absolute atomic E-state index is 12.4. The molecule has 2 aliphatic rings. The number of thioether (sulfide) groups is 1. The lowest BCUT2D eigenvalue weighted by molar-refractivity contribution is -0.142. The molecule has 2 heterocycles. The predicted molar refractivity (Wildman–Crippen MR) is 74.7 cm³/mol. The Morgan fingerprint density at radius 1 is 1.44 bits per heavy atom. The van der Waals surface area contributed by atoms with E-state index in [9.17, 15) is 4.79 Å². The number of hydrogen-bond acceptors (Lipinski definition) is 4. The van der Waals surface area contributed by atoms with Crippen LogP contribution in [0.4, 0.5) is 0 Å². The molecule has 0 aromatic heterocycles. The van der Waals surface area contributed by atoms with Gasteiger partial charge in [-0.25, -0.2) is 0 Å². The molecule has 2 aliphatic heterocycles. The first-order valence-electron chi connectivity index (χ1n) is 6.80. The van der Waals surface area contributed by atoms with Crippen molar-refractivity contribution in [2.24, 2.45) is 5.73 Å². The summed E-state index contributed by atoms with van der Waals surface area (Å²) in [6.45, 7) is 6.73. The molecule has 0 saturated carbocycles. The smallest absolute Gasteiger partial charge is 0.251 e. The van der Waals surface area contributed by atoms with Gasteiger partial charge in [0, 0.05) is 30.1 Å². The summed E-state index contributed by atoms with van der Waals surface area (Å²) in [5, 5.41) is 0. The first-order chi connectivity index (χ1) is 8.52. The number of amides is 1. The lowest BCUT2D eigenvalue weighted by Crippen LogP contribution is -2.41. The molecule has 2 saturated heterocycles. The summed E-state index contributed by atoms with van der Waals surface area (Å²) in [6, 6.07) is 0. The van der Waals surface area contributed by atoms with Crippen molar-refractivity contribution in [2.75, 3.05) is 25.4 Å². The van der Waals surface area contributed by atoms with Gasteiger partial charge < -0.3 is 15.4 Å². The molecule has 0 aliphatic carbocycles. The van der Waals surface area contributed by atoms with Crippen LogP contribution in [0.25, 0.3) is 0 Å². The predicted octanol–water partition coefficient (Wildman–Crippen LogP) is 1.24. The molecule has 4 nitrogen and oxygen atoms in total. The van der Waals surface area contributed by atoms with Crippen LogP contribution in [-0.2, 0) is 9.53 Å². The van der Waals surface area contributed by atoms with Gasteiger partial charge in [-0.15, -0.1) is 0 Å². The Kier molecular flexibility index (Phi) is 4.56. The van der Waals surface area contributed by atoms with Gasteiger partial charge in [0.05, 0.1) is 6.10 Å². The van der Waals surface area contributed by atoms with Crippen molar-refractivity contribution in [1.29, 1.82) is 0 Å². The number of nitrogens with two attached hydrogens (primary N) is 1. The van der Waals surface area contributed by atoms with Crippen LogP contribution in [0.3, 0.4) is 0 Å². The molecule has 1 amide bonds. The highest BCUT2D eigenvalue weighted by Crippen LogP contribution is 2.31. The van der Waals surface area contributed by atoms with E-state index in [1.165, 1.54) is 0 Å². The molecule has 0 aromatic rings. The fourth-order valence-electron chi connectivity index (χ4n) is 2.51. The van der Waals surface area contributed by atoms with E-state index < -0.39 is 0 Å². The standard InChI is InChI=1S/C13H24N2O2S/c1-13(2)5-6-15(7-8-18-13)12(16)11-4-3-10(9-14)17-11/h10-11H,3-9,14H2,1-2H3. The third-order valence-electron chi connectivity index (χ3n) is 3.80. The second kappa shape index (κ2) is 5.80. The van der Waals surface area contributed by atoms with Crippen molar-refractivity contribution in [3.8, 4) is 0 Å². The van der Waals surface area contributed by atoms with E-state index in [-0.39, 0.29) is 22.9 Å². The highest BCUT2D eigenvalue weighted by molar-refractivity contribution is 8.00. The van der Waals surface area contributed by atoms with Crippen molar-refractivity contribution in [2.45, 2.75) is 50.1 Å². The number of carbonyl (C=O) groups is 1. The molecule has 2 fully saturated rings. The monoisotopic (exact) mass is 272 g/mol. The molecule has 2 unspecified atom stereocenters. The molecular weight excluding hydrogens is 248 g/mol. The van der Waals surface area contributed by atoms with Gasteiger partial charge in [0.1, 0.15) is 6.10 Å². The largest absolute Gasteiger partial charge is 0.364 e. The highest BCUT2D eigenvalue weighted by Gasteiger charge is 2.34. The van der Waals surface area contributed by atoms with Crippen LogP contribution in [0.5, 0.6) is 0 Å². The van der Waals surface area contributed by atoms with Crippen molar-refractivity contribution >= 4 is 17.7 Å². The summed E-state index contributed by atoms with van der Waals surface area (Å²) in [4.78, 5) is 14.4. The molecule has 2 N–H and O–H groups in total. The molecule has 0 spiro atoms. The Labute approximate surface area is 114 Å². The average molecular weight is 272 g/mol. The Morgan fingerprint density at radius 2 is 2.22 bits per heavy atom. The van der Waals surface area contributed by atoms with Crippen LogP contribution in [0.1, 0.15) is 33.1 Å². The van der Waals surface area contributed by atoms with E-state index >= 15 is 0 Å². The van der Waals surface area contributed by atoms with Crippen molar-refractivity contribution in [3.63, 3.8) is 0 Å². The lowest BCUT2D eigenvalue weighted by Gasteiger charge is -2.25. The van der Waals surface area contributed by atoms with E-state index in [0.717, 1.165) is 38.1 Å². The molecular formula is C13H24N2O2S. The fourth-order valence-corrected chi connectivity index (χ4v) is 3.60. The molecule has 104 valence electrons. The second-order valence-corrected chi connectivity index (χ2v) is 7.55. The quantitative estimate of drug-likeness (QED) is 0.821. The number of rotatable bonds is 2. The first-order valence-corrected chi connectivity index (χ1v) is 7.79. The van der Waals surface area contributed by atoms with E-state index in [4.69, 9.17) is 10.5 Å². The summed E-state index contributed by atoms with van der Waals surface area (Å²) in [5.41, 5.74) is 5.58. The summed E-state index contributed by atoms with van der Waals surface area (Å²) < 4.78 is 5.98. The zero-order valence-electron chi connectivity index (χ0n) is 11.4. The first kappa shape index (κ1) is 14.2. The van der Waals surface area contributed by atoms with Crippen LogP contribution < -0.4 is 5.73 Å². The van der Waals surface area contributed by atoms with Gasteiger partial charge >= 0.3 is 0 Å². The fraction of sp³-hybridized carbons (Fsp3) is 0.923. The van der Waals surface area contributed by atoms with Gasteiger partial charge in [-0.1, -0.05) is 13.8 Å². The minimum Gasteiger partial charge on any atom is -0.364 e. The Bertz CT molecular complexity index is 309. The van der Waals surface area contributed by atoms with Crippen LogP contribution in [0.2, 0.25) is 0 Å². The molecule has 18 heavy (non-hydrogen) atoms. The molecule has 5 heteroatoms. The molecule has 0 radical (unpaired) electrons. The summed E-state index contributed by atoms with van der Waals surface area (Å²) >= 11 is 1.96. The summed E-state index contributed by atoms with van der Waals surface area (Å²) in [6.07, 6.45) is 2.63. The van der Waals surface area contributed by atoms with Gasteiger partial charge in [0.25, 0.3) is 5.91 Å². The van der Waals surface area contributed by atoms with E-state index in [1.807, 2.05) is 16.7 Å². The Hall–Kier alpha value is -0.260. The van der Waals surface area contributed by atoms with Crippen molar-refractivity contribution < 1.29 is 9.53 Å². The maximum atomic E-state index is 12.4. The third-order valence-corrected chi connectivity index (χ3v) is 5.17. The average Bonchev–Trinajstić information content (AvgIpc) is 2.74. The molecule has 2 atom stereocenters. The second-order valence-electron chi connectivity index (χ2n) is 5.74. The Morgan fingerprint density at radius 3 is 2.89 bits per heavy atom. The number of hydrogen-bond donors (Lipinski definition) is 1. The number of carbonyl (C=O) groups excluding carboxylic acids is 1. The van der Waals surface area contributed by atoms with Crippen molar-refractivity contribution in [3.05, 3.63) is 0 Å².